The number of nitrogens with one attached hydrogen (secondary N) is 1. The molecule has 3 aromatic rings. The van der Waals surface area contributed by atoms with Crippen LogP contribution in [0.2, 0.25) is 10.0 Å². The lowest BCUT2D eigenvalue weighted by molar-refractivity contribution is -0.119. The molecular weight excluding hydrogens is 511 g/mol. The van der Waals surface area contributed by atoms with Gasteiger partial charge in [0.25, 0.3) is 5.91 Å². The fourth-order valence-electron chi connectivity index (χ4n) is 2.86. The predicted molar refractivity (Wildman–Crippen MR) is 129 cm³/mol. The molecule has 0 saturated heterocycles. The number of carbonyl (C=O) groups excluding carboxylic acids is 2. The van der Waals surface area contributed by atoms with Crippen molar-refractivity contribution in [3.8, 4) is 5.75 Å². The van der Waals surface area contributed by atoms with Gasteiger partial charge in [0.05, 0.1) is 21.7 Å². The first-order chi connectivity index (χ1) is 15.5. The van der Waals surface area contributed by atoms with Gasteiger partial charge in [0.1, 0.15) is 15.6 Å². The zero-order chi connectivity index (χ0) is 24.5. The molecule has 0 fully saturated rings. The average molecular weight is 531 g/mol. The number of esters is 1. The summed E-state index contributed by atoms with van der Waals surface area (Å²) >= 11 is 13.6. The fraction of sp³-hybridized carbons (Fsp3) is 0.238. The monoisotopic (exact) mass is 530 g/mol. The van der Waals surface area contributed by atoms with Crippen LogP contribution in [0.3, 0.4) is 0 Å². The minimum atomic E-state index is -3.68. The summed E-state index contributed by atoms with van der Waals surface area (Å²) in [6.07, 6.45) is 0. The van der Waals surface area contributed by atoms with Crippen molar-refractivity contribution in [2.45, 2.75) is 11.8 Å². The molecule has 8 nitrogen and oxygen atoms in total. The number of amides is 1. The van der Waals surface area contributed by atoms with E-state index >= 15 is 0 Å². The Morgan fingerprint density at radius 3 is 2.45 bits per heavy atom. The van der Waals surface area contributed by atoms with Crippen LogP contribution in [-0.4, -0.2) is 52.4 Å². The van der Waals surface area contributed by atoms with E-state index in [0.717, 1.165) is 15.6 Å². The van der Waals surface area contributed by atoms with Gasteiger partial charge in [-0.05, 0) is 36.8 Å². The van der Waals surface area contributed by atoms with E-state index in [1.165, 1.54) is 33.3 Å². The molecule has 1 amide bonds. The summed E-state index contributed by atoms with van der Waals surface area (Å²) in [6, 6.07) is 7.69. The summed E-state index contributed by atoms with van der Waals surface area (Å²) in [5.41, 5.74) is 0.932. The normalized spacial score (nSPS) is 11.6. The molecule has 0 spiro atoms. The van der Waals surface area contributed by atoms with E-state index < -0.39 is 28.5 Å². The van der Waals surface area contributed by atoms with Crippen LogP contribution >= 0.6 is 34.5 Å². The molecule has 0 aliphatic rings. The van der Waals surface area contributed by atoms with Crippen LogP contribution in [0.1, 0.15) is 15.2 Å². The molecule has 33 heavy (non-hydrogen) atoms. The van der Waals surface area contributed by atoms with Gasteiger partial charge in [0.15, 0.2) is 6.61 Å². The van der Waals surface area contributed by atoms with E-state index in [-0.39, 0.29) is 20.5 Å². The van der Waals surface area contributed by atoms with Crippen LogP contribution in [0.5, 0.6) is 5.75 Å². The summed E-state index contributed by atoms with van der Waals surface area (Å²) in [5, 5.41) is 3.63. The van der Waals surface area contributed by atoms with Gasteiger partial charge < -0.3 is 14.8 Å². The van der Waals surface area contributed by atoms with Crippen molar-refractivity contribution in [3.05, 3.63) is 50.8 Å². The zero-order valence-corrected chi connectivity index (χ0v) is 21.2. The van der Waals surface area contributed by atoms with E-state index in [1.807, 2.05) is 0 Å². The second-order valence-electron chi connectivity index (χ2n) is 7.09. The van der Waals surface area contributed by atoms with Crippen molar-refractivity contribution in [2.24, 2.45) is 0 Å². The standard InChI is InChI=1S/C21H20Cl2N2O6S2/c1-11-5-6-12(33(28,29)25(2)3)9-14(11)24-16(26)10-31-21(27)20-17(22)13-7-8-15(30-4)18(23)19(13)32-20/h5-9H,10H2,1-4H3,(H,24,26). The SMILES string of the molecule is COc1ccc2c(Cl)c(C(=O)OCC(=O)Nc3cc(S(=O)(=O)N(C)C)ccc3C)sc2c1Cl. The van der Waals surface area contributed by atoms with Crippen molar-refractivity contribution in [1.29, 1.82) is 0 Å². The molecule has 176 valence electrons. The Balaban J connectivity index is 1.74. The fourth-order valence-corrected chi connectivity index (χ4v) is 5.57. The Hall–Kier alpha value is -2.37. The van der Waals surface area contributed by atoms with E-state index in [1.54, 1.807) is 25.1 Å². The lowest BCUT2D eigenvalue weighted by Gasteiger charge is -2.14. The van der Waals surface area contributed by atoms with Crippen molar-refractivity contribution in [2.75, 3.05) is 33.1 Å². The summed E-state index contributed by atoms with van der Waals surface area (Å²) in [5.74, 6) is -0.981. The maximum Gasteiger partial charge on any atom is 0.350 e. The Morgan fingerprint density at radius 2 is 1.82 bits per heavy atom. The highest BCUT2D eigenvalue weighted by molar-refractivity contribution is 7.89. The molecule has 0 aliphatic carbocycles. The molecule has 1 aromatic heterocycles. The van der Waals surface area contributed by atoms with Crippen LogP contribution in [-0.2, 0) is 19.6 Å². The largest absolute Gasteiger partial charge is 0.495 e. The van der Waals surface area contributed by atoms with Crippen molar-refractivity contribution in [3.63, 3.8) is 0 Å². The minimum Gasteiger partial charge on any atom is -0.495 e. The van der Waals surface area contributed by atoms with E-state index in [0.29, 0.717) is 26.4 Å². The highest BCUT2D eigenvalue weighted by atomic mass is 35.5. The summed E-state index contributed by atoms with van der Waals surface area (Å²) in [7, 11) is 0.623. The zero-order valence-electron chi connectivity index (χ0n) is 18.1. The first-order valence-electron chi connectivity index (χ1n) is 9.42. The van der Waals surface area contributed by atoms with E-state index in [9.17, 15) is 18.0 Å². The predicted octanol–water partition coefficient (Wildman–Crippen LogP) is 4.57. The second-order valence-corrected chi connectivity index (χ2v) is 11.0. The van der Waals surface area contributed by atoms with Crippen molar-refractivity contribution >= 4 is 72.2 Å². The van der Waals surface area contributed by atoms with Crippen LogP contribution < -0.4 is 10.1 Å². The number of aryl methyl sites for hydroxylation is 1. The van der Waals surface area contributed by atoms with Gasteiger partial charge in [0, 0.05) is 25.2 Å². The Labute approximate surface area is 205 Å². The van der Waals surface area contributed by atoms with E-state index in [2.05, 4.69) is 5.32 Å². The number of hydrogen-bond acceptors (Lipinski definition) is 7. The van der Waals surface area contributed by atoms with Gasteiger partial charge in [-0.1, -0.05) is 29.3 Å². The number of thiophene rings is 1. The molecule has 0 saturated carbocycles. The number of fused-ring (bicyclic) bond motifs is 1. The third-order valence-corrected chi connectivity index (χ3v) is 8.71. The molecule has 0 bridgehead atoms. The molecule has 12 heteroatoms. The first kappa shape index (κ1) is 25.3. The van der Waals surface area contributed by atoms with Gasteiger partial charge in [0.2, 0.25) is 10.0 Å². The summed E-state index contributed by atoms with van der Waals surface area (Å²) in [4.78, 5) is 25.0. The molecule has 3 rings (SSSR count). The maximum absolute atomic E-state index is 12.5. The Kier molecular flexibility index (Phi) is 7.55. The smallest absolute Gasteiger partial charge is 0.350 e. The van der Waals surface area contributed by atoms with Crippen LogP contribution in [0, 0.1) is 6.92 Å². The average Bonchev–Trinajstić information content (AvgIpc) is 3.11. The maximum atomic E-state index is 12.5. The number of halogens is 2. The number of rotatable bonds is 7. The molecule has 2 aromatic carbocycles. The number of hydrogen-bond donors (Lipinski definition) is 1. The number of anilines is 1. The molecular formula is C21H20Cl2N2O6S2. The topological polar surface area (TPSA) is 102 Å². The highest BCUT2D eigenvalue weighted by Gasteiger charge is 2.23. The van der Waals surface area contributed by atoms with Gasteiger partial charge in [-0.15, -0.1) is 11.3 Å². The number of benzene rings is 2. The summed E-state index contributed by atoms with van der Waals surface area (Å²) < 4.78 is 36.6. The molecule has 1 heterocycles. The van der Waals surface area contributed by atoms with Gasteiger partial charge in [-0.25, -0.2) is 17.5 Å². The quantitative estimate of drug-likeness (QED) is 0.449. The number of ether oxygens (including phenoxy) is 2. The van der Waals surface area contributed by atoms with Crippen molar-refractivity contribution in [1.82, 2.24) is 4.31 Å². The molecule has 0 radical (unpaired) electrons. The summed E-state index contributed by atoms with van der Waals surface area (Å²) in [6.45, 7) is 1.12. The molecule has 0 aliphatic heterocycles. The minimum absolute atomic E-state index is 0.0229. The first-order valence-corrected chi connectivity index (χ1v) is 12.4. The number of sulfonamides is 1. The highest BCUT2D eigenvalue weighted by Crippen LogP contribution is 2.43. The van der Waals surface area contributed by atoms with Crippen LogP contribution in [0.4, 0.5) is 5.69 Å². The third kappa shape index (κ3) is 5.10. The molecule has 0 atom stereocenters. The molecule has 1 N–H and O–H groups in total. The van der Waals surface area contributed by atoms with Crippen LogP contribution in [0.25, 0.3) is 10.1 Å². The molecule has 0 unspecified atom stereocenters. The number of carbonyl (C=O) groups is 2. The van der Waals surface area contributed by atoms with Gasteiger partial charge in [-0.3, -0.25) is 4.79 Å². The van der Waals surface area contributed by atoms with Gasteiger partial charge in [-0.2, -0.15) is 0 Å². The van der Waals surface area contributed by atoms with Crippen molar-refractivity contribution < 1.29 is 27.5 Å². The Bertz CT molecular complexity index is 1350. The van der Waals surface area contributed by atoms with E-state index in [4.69, 9.17) is 32.7 Å². The second kappa shape index (κ2) is 9.86. The number of methoxy groups -OCH3 is 1. The third-order valence-electron chi connectivity index (χ3n) is 4.70. The van der Waals surface area contributed by atoms with Gasteiger partial charge >= 0.3 is 5.97 Å². The van der Waals surface area contributed by atoms with Crippen LogP contribution in [0.15, 0.2) is 35.2 Å². The number of nitrogens with zero attached hydrogens (tertiary/aromatic N) is 1. The lowest BCUT2D eigenvalue weighted by Crippen LogP contribution is -2.23. The lowest BCUT2D eigenvalue weighted by atomic mass is 10.2. The Morgan fingerprint density at radius 1 is 1.12 bits per heavy atom.